The van der Waals surface area contributed by atoms with Crippen molar-refractivity contribution in [2.45, 2.75) is 17.7 Å². The molecule has 0 saturated carbocycles. The average Bonchev–Trinajstić information content (AvgIpc) is 2.78. The van der Waals surface area contributed by atoms with Crippen molar-refractivity contribution in [2.75, 3.05) is 12.3 Å². The molecule has 2 aromatic carbocycles. The molecule has 3 N–H and O–H groups in total. The fraction of sp³-hybridized carbons (Fsp3) is 0.278. The highest BCUT2D eigenvalue weighted by atomic mass is 35.5. The summed E-state index contributed by atoms with van der Waals surface area (Å²) in [6.45, 7) is 0.467. The molecule has 0 unspecified atom stereocenters. The van der Waals surface area contributed by atoms with Crippen molar-refractivity contribution in [1.82, 2.24) is 5.32 Å². The minimum atomic E-state index is -0.253. The zero-order valence-electron chi connectivity index (χ0n) is 13.1. The molecule has 1 aliphatic rings. The molecule has 6 heteroatoms. The summed E-state index contributed by atoms with van der Waals surface area (Å²) < 4.78 is 5.86. The van der Waals surface area contributed by atoms with Gasteiger partial charge in [-0.1, -0.05) is 35.9 Å². The maximum atomic E-state index is 12.5. The number of hydrogen-bond acceptors (Lipinski definition) is 4. The highest BCUT2D eigenvalue weighted by Crippen LogP contribution is 2.35. The lowest BCUT2D eigenvalue weighted by molar-refractivity contribution is -0.121. The highest BCUT2D eigenvalue weighted by molar-refractivity contribution is 8.00. The van der Waals surface area contributed by atoms with Crippen molar-refractivity contribution in [3.05, 3.63) is 59.1 Å². The zero-order chi connectivity index (χ0) is 16.9. The number of thioether (sulfide) groups is 1. The molecule has 0 bridgehead atoms. The highest BCUT2D eigenvalue weighted by Gasteiger charge is 2.27. The third-order valence-corrected chi connectivity index (χ3v) is 5.45. The van der Waals surface area contributed by atoms with Crippen LogP contribution in [0.4, 0.5) is 0 Å². The molecule has 126 valence electrons. The van der Waals surface area contributed by atoms with Crippen LogP contribution in [-0.2, 0) is 4.79 Å². The van der Waals surface area contributed by atoms with Gasteiger partial charge in [-0.05, 0) is 42.0 Å². The molecule has 0 aliphatic carbocycles. The summed E-state index contributed by atoms with van der Waals surface area (Å²) in [5, 5.41) is 3.31. The van der Waals surface area contributed by atoms with Gasteiger partial charge in [0.25, 0.3) is 0 Å². The summed E-state index contributed by atoms with van der Waals surface area (Å²) in [6, 6.07) is 14.9. The molecule has 1 fully saturated rings. The number of rotatable bonds is 4. The second-order valence-electron chi connectivity index (χ2n) is 5.59. The molecule has 3 rings (SSSR count). The number of ether oxygens (including phenoxy) is 1. The number of carbonyl (C=O) groups excluding carboxylic acids is 1. The van der Waals surface area contributed by atoms with Crippen LogP contribution in [0.5, 0.6) is 11.5 Å². The standard InChI is InChI=1S/C18H19ClN2O2S/c19-15-6-1-2-7-16(15)23-14-5-3-4-12(10-14)17-18(22)21-13(11-20)8-9-24-17/h1-7,10,13,17H,8-9,11,20H2,(H,21,22)/t13-,17+/m0/s1. The number of amides is 1. The van der Waals surface area contributed by atoms with Crippen LogP contribution in [0.2, 0.25) is 5.02 Å². The van der Waals surface area contributed by atoms with Crippen LogP contribution < -0.4 is 15.8 Å². The Morgan fingerprint density at radius 2 is 2.08 bits per heavy atom. The van der Waals surface area contributed by atoms with E-state index in [2.05, 4.69) is 5.32 Å². The minimum Gasteiger partial charge on any atom is -0.456 e. The van der Waals surface area contributed by atoms with Gasteiger partial charge in [0.2, 0.25) is 5.91 Å². The number of carbonyl (C=O) groups is 1. The Balaban J connectivity index is 1.80. The fourth-order valence-electron chi connectivity index (χ4n) is 2.57. The van der Waals surface area contributed by atoms with Gasteiger partial charge >= 0.3 is 0 Å². The molecule has 2 aromatic rings. The van der Waals surface area contributed by atoms with Crippen molar-refractivity contribution in [3.8, 4) is 11.5 Å². The van der Waals surface area contributed by atoms with Crippen LogP contribution in [0.1, 0.15) is 17.2 Å². The summed E-state index contributed by atoms with van der Waals surface area (Å²) in [7, 11) is 0. The zero-order valence-corrected chi connectivity index (χ0v) is 14.6. The van der Waals surface area contributed by atoms with Gasteiger partial charge in [0.15, 0.2) is 0 Å². The second kappa shape index (κ2) is 7.92. The third kappa shape index (κ3) is 4.04. The summed E-state index contributed by atoms with van der Waals surface area (Å²) in [4.78, 5) is 12.5. The summed E-state index contributed by atoms with van der Waals surface area (Å²) in [5.41, 5.74) is 6.60. The Morgan fingerprint density at radius 3 is 2.88 bits per heavy atom. The van der Waals surface area contributed by atoms with E-state index in [1.165, 1.54) is 0 Å². The quantitative estimate of drug-likeness (QED) is 0.869. The molecule has 0 radical (unpaired) electrons. The lowest BCUT2D eigenvalue weighted by Crippen LogP contribution is -2.40. The van der Waals surface area contributed by atoms with E-state index in [0.717, 1.165) is 17.7 Å². The summed E-state index contributed by atoms with van der Waals surface area (Å²) >= 11 is 7.77. The molecular weight excluding hydrogens is 344 g/mol. The second-order valence-corrected chi connectivity index (χ2v) is 7.21. The van der Waals surface area contributed by atoms with Crippen molar-refractivity contribution in [1.29, 1.82) is 0 Å². The maximum Gasteiger partial charge on any atom is 0.237 e. The summed E-state index contributed by atoms with van der Waals surface area (Å²) in [6.07, 6.45) is 0.888. The molecule has 1 saturated heterocycles. The first kappa shape index (κ1) is 17.1. The first-order valence-corrected chi connectivity index (χ1v) is 9.24. The Bertz CT molecular complexity index is 726. The van der Waals surface area contributed by atoms with Crippen LogP contribution in [0, 0.1) is 0 Å². The van der Waals surface area contributed by atoms with E-state index in [-0.39, 0.29) is 17.2 Å². The van der Waals surface area contributed by atoms with Gasteiger partial charge in [0, 0.05) is 12.6 Å². The fourth-order valence-corrected chi connectivity index (χ4v) is 3.96. The predicted octanol–water partition coefficient (Wildman–Crippen LogP) is 3.75. The van der Waals surface area contributed by atoms with E-state index in [9.17, 15) is 4.79 Å². The van der Waals surface area contributed by atoms with Gasteiger partial charge < -0.3 is 15.8 Å². The largest absolute Gasteiger partial charge is 0.456 e. The molecule has 2 atom stereocenters. The van der Waals surface area contributed by atoms with E-state index in [0.29, 0.717) is 23.1 Å². The third-order valence-electron chi connectivity index (χ3n) is 3.85. The molecule has 4 nitrogen and oxygen atoms in total. The summed E-state index contributed by atoms with van der Waals surface area (Å²) in [5.74, 6) is 2.15. The van der Waals surface area contributed by atoms with E-state index >= 15 is 0 Å². The van der Waals surface area contributed by atoms with Gasteiger partial charge in [0.1, 0.15) is 16.7 Å². The first-order valence-electron chi connectivity index (χ1n) is 7.82. The molecule has 24 heavy (non-hydrogen) atoms. The monoisotopic (exact) mass is 362 g/mol. The van der Waals surface area contributed by atoms with Crippen molar-refractivity contribution < 1.29 is 9.53 Å². The van der Waals surface area contributed by atoms with Gasteiger partial charge in [-0.15, -0.1) is 11.8 Å². The molecule has 1 aliphatic heterocycles. The van der Waals surface area contributed by atoms with E-state index in [4.69, 9.17) is 22.1 Å². The van der Waals surface area contributed by atoms with Crippen LogP contribution in [0.3, 0.4) is 0 Å². The van der Waals surface area contributed by atoms with Gasteiger partial charge in [0.05, 0.1) is 5.02 Å². The van der Waals surface area contributed by atoms with Gasteiger partial charge in [-0.25, -0.2) is 0 Å². The Kier molecular flexibility index (Phi) is 5.66. The number of nitrogens with one attached hydrogen (secondary N) is 1. The van der Waals surface area contributed by atoms with Crippen LogP contribution in [0.25, 0.3) is 0 Å². The number of halogens is 1. The number of para-hydroxylation sites is 1. The average molecular weight is 363 g/mol. The SMILES string of the molecule is NC[C@@H]1CCS[C@H](c2cccc(Oc3ccccc3Cl)c2)C(=O)N1. The Hall–Kier alpha value is -1.69. The smallest absolute Gasteiger partial charge is 0.237 e. The molecule has 1 heterocycles. The first-order chi connectivity index (χ1) is 11.7. The number of benzene rings is 2. The lowest BCUT2D eigenvalue weighted by Gasteiger charge is -2.16. The predicted molar refractivity (Wildman–Crippen MR) is 98.8 cm³/mol. The minimum absolute atomic E-state index is 0.00263. The van der Waals surface area contributed by atoms with Crippen LogP contribution >= 0.6 is 23.4 Å². The van der Waals surface area contributed by atoms with Crippen molar-refractivity contribution in [2.24, 2.45) is 5.73 Å². The molecule has 0 aromatic heterocycles. The lowest BCUT2D eigenvalue weighted by atomic mass is 10.1. The molecule has 0 spiro atoms. The molecular formula is C18H19ClN2O2S. The number of hydrogen-bond donors (Lipinski definition) is 2. The maximum absolute atomic E-state index is 12.5. The van der Waals surface area contributed by atoms with E-state index in [1.54, 1.807) is 17.8 Å². The van der Waals surface area contributed by atoms with Gasteiger partial charge in [-0.2, -0.15) is 0 Å². The molecule has 1 amide bonds. The van der Waals surface area contributed by atoms with E-state index < -0.39 is 0 Å². The van der Waals surface area contributed by atoms with Crippen molar-refractivity contribution in [3.63, 3.8) is 0 Å². The Morgan fingerprint density at radius 1 is 1.25 bits per heavy atom. The van der Waals surface area contributed by atoms with E-state index in [1.807, 2.05) is 42.5 Å². The topological polar surface area (TPSA) is 64.3 Å². The van der Waals surface area contributed by atoms with Crippen molar-refractivity contribution >= 4 is 29.3 Å². The van der Waals surface area contributed by atoms with Gasteiger partial charge in [-0.3, -0.25) is 4.79 Å². The Labute approximate surface area is 150 Å². The number of nitrogens with two attached hydrogens (primary N) is 1. The van der Waals surface area contributed by atoms with Crippen LogP contribution in [-0.4, -0.2) is 24.2 Å². The van der Waals surface area contributed by atoms with Crippen LogP contribution in [0.15, 0.2) is 48.5 Å². The normalized spacial score (nSPS) is 21.0.